The first-order valence-electron chi connectivity index (χ1n) is 6.27. The van der Waals surface area contributed by atoms with Gasteiger partial charge < -0.3 is 15.7 Å². The summed E-state index contributed by atoms with van der Waals surface area (Å²) in [6.45, 7) is 6.00. The van der Waals surface area contributed by atoms with E-state index in [-0.39, 0.29) is 11.7 Å². The van der Waals surface area contributed by atoms with Gasteiger partial charge in [0.05, 0.1) is 5.69 Å². The van der Waals surface area contributed by atoms with Crippen LogP contribution in [0.1, 0.15) is 37.0 Å². The number of benzene rings is 1. The molecule has 0 aliphatic carbocycles. The minimum absolute atomic E-state index is 0.0270. The number of piperidine rings is 1. The van der Waals surface area contributed by atoms with Crippen molar-refractivity contribution in [1.82, 2.24) is 4.90 Å². The summed E-state index contributed by atoms with van der Waals surface area (Å²) in [6, 6.07) is 4.67. The van der Waals surface area contributed by atoms with E-state index < -0.39 is 0 Å². The van der Waals surface area contributed by atoms with Crippen LogP contribution in [0.15, 0.2) is 18.2 Å². The largest absolute Gasteiger partial charge is 0.506 e. The third-order valence-electron chi connectivity index (χ3n) is 3.68. The van der Waals surface area contributed by atoms with Gasteiger partial charge in [-0.2, -0.15) is 0 Å². The number of carbonyl (C=O) groups is 1. The second-order valence-electron chi connectivity index (χ2n) is 5.73. The van der Waals surface area contributed by atoms with E-state index in [1.165, 1.54) is 6.07 Å². The fourth-order valence-corrected chi connectivity index (χ4v) is 2.17. The predicted octanol–water partition coefficient (Wildman–Crippen LogP) is 2.24. The van der Waals surface area contributed by atoms with E-state index in [0.29, 0.717) is 16.7 Å². The number of carbonyl (C=O) groups excluding carboxylic acids is 1. The highest BCUT2D eigenvalue weighted by molar-refractivity contribution is 5.95. The molecule has 98 valence electrons. The molecule has 0 aromatic heterocycles. The first-order valence-corrected chi connectivity index (χ1v) is 6.27. The maximum absolute atomic E-state index is 12.2. The van der Waals surface area contributed by atoms with Gasteiger partial charge in [-0.25, -0.2) is 0 Å². The van der Waals surface area contributed by atoms with Crippen LogP contribution in [-0.4, -0.2) is 29.0 Å². The summed E-state index contributed by atoms with van der Waals surface area (Å²) in [5, 5.41) is 9.53. The van der Waals surface area contributed by atoms with Crippen molar-refractivity contribution >= 4 is 11.6 Å². The van der Waals surface area contributed by atoms with Crippen LogP contribution < -0.4 is 5.73 Å². The fourth-order valence-electron chi connectivity index (χ4n) is 2.17. The highest BCUT2D eigenvalue weighted by Gasteiger charge is 2.28. The Morgan fingerprint density at radius 2 is 1.94 bits per heavy atom. The van der Waals surface area contributed by atoms with Gasteiger partial charge in [-0.05, 0) is 36.5 Å². The van der Waals surface area contributed by atoms with Gasteiger partial charge in [0.15, 0.2) is 0 Å². The molecule has 1 saturated heterocycles. The van der Waals surface area contributed by atoms with Crippen LogP contribution in [0, 0.1) is 5.41 Å². The number of nitrogens with zero attached hydrogens (tertiary/aromatic N) is 1. The smallest absolute Gasteiger partial charge is 0.253 e. The third kappa shape index (κ3) is 2.58. The minimum Gasteiger partial charge on any atom is -0.506 e. The third-order valence-corrected chi connectivity index (χ3v) is 3.68. The lowest BCUT2D eigenvalue weighted by Crippen LogP contribution is -2.41. The number of hydrogen-bond acceptors (Lipinski definition) is 3. The van der Waals surface area contributed by atoms with Gasteiger partial charge in [-0.1, -0.05) is 13.8 Å². The first-order chi connectivity index (χ1) is 8.39. The molecule has 0 atom stereocenters. The number of phenols is 1. The molecule has 1 heterocycles. The van der Waals surface area contributed by atoms with Crippen molar-refractivity contribution in [3.63, 3.8) is 0 Å². The maximum Gasteiger partial charge on any atom is 0.253 e. The van der Waals surface area contributed by atoms with E-state index in [2.05, 4.69) is 13.8 Å². The van der Waals surface area contributed by atoms with Crippen molar-refractivity contribution < 1.29 is 9.90 Å². The average Bonchev–Trinajstić information content (AvgIpc) is 2.32. The molecule has 0 unspecified atom stereocenters. The van der Waals surface area contributed by atoms with Crippen molar-refractivity contribution in [1.29, 1.82) is 0 Å². The molecule has 0 spiro atoms. The van der Waals surface area contributed by atoms with Crippen LogP contribution in [-0.2, 0) is 0 Å². The number of rotatable bonds is 1. The number of phenolic OH excluding ortho intramolecular Hbond substituents is 1. The standard InChI is InChI=1S/C14H20N2O2/c1-14(2)5-7-16(8-6-14)13(18)10-3-4-11(15)12(17)9-10/h3-4,9,17H,5-8,15H2,1-2H3. The van der Waals surface area contributed by atoms with Crippen LogP contribution in [0.25, 0.3) is 0 Å². The summed E-state index contributed by atoms with van der Waals surface area (Å²) in [7, 11) is 0. The molecule has 0 radical (unpaired) electrons. The maximum atomic E-state index is 12.2. The quantitative estimate of drug-likeness (QED) is 0.591. The number of hydrogen-bond donors (Lipinski definition) is 2. The normalized spacial score (nSPS) is 18.7. The summed E-state index contributed by atoms with van der Waals surface area (Å²) in [6.07, 6.45) is 2.03. The van der Waals surface area contributed by atoms with Gasteiger partial charge >= 0.3 is 0 Å². The molecule has 1 amide bonds. The molecule has 1 aliphatic rings. The van der Waals surface area contributed by atoms with Gasteiger partial charge in [0, 0.05) is 18.7 Å². The summed E-state index contributed by atoms with van der Waals surface area (Å²) in [5.41, 5.74) is 6.65. The Hall–Kier alpha value is -1.71. The Kier molecular flexibility index (Phi) is 3.20. The molecule has 0 saturated carbocycles. The van der Waals surface area contributed by atoms with E-state index in [1.54, 1.807) is 12.1 Å². The van der Waals surface area contributed by atoms with Gasteiger partial charge in [-0.3, -0.25) is 4.79 Å². The first kappa shape index (κ1) is 12.7. The highest BCUT2D eigenvalue weighted by atomic mass is 16.3. The van der Waals surface area contributed by atoms with Crippen molar-refractivity contribution in [3.05, 3.63) is 23.8 Å². The van der Waals surface area contributed by atoms with Crippen LogP contribution in [0.3, 0.4) is 0 Å². The number of nitrogens with two attached hydrogens (primary N) is 1. The van der Waals surface area contributed by atoms with E-state index in [1.807, 2.05) is 4.90 Å². The van der Waals surface area contributed by atoms with Crippen molar-refractivity contribution in [2.24, 2.45) is 5.41 Å². The topological polar surface area (TPSA) is 66.6 Å². The Bertz CT molecular complexity index is 459. The second kappa shape index (κ2) is 4.52. The lowest BCUT2D eigenvalue weighted by molar-refractivity contribution is 0.0630. The SMILES string of the molecule is CC1(C)CCN(C(=O)c2ccc(N)c(O)c2)CC1. The zero-order valence-corrected chi connectivity index (χ0v) is 10.9. The fraction of sp³-hybridized carbons (Fsp3) is 0.500. The number of amides is 1. The number of aromatic hydroxyl groups is 1. The van der Waals surface area contributed by atoms with Crippen molar-refractivity contribution in [3.8, 4) is 5.75 Å². The molecular formula is C14H20N2O2. The monoisotopic (exact) mass is 248 g/mol. The summed E-state index contributed by atoms with van der Waals surface area (Å²) in [4.78, 5) is 14.1. The summed E-state index contributed by atoms with van der Waals surface area (Å²) in [5.74, 6) is -0.0565. The van der Waals surface area contributed by atoms with Gasteiger partial charge in [0.25, 0.3) is 5.91 Å². The number of nitrogen functional groups attached to an aromatic ring is 1. The van der Waals surface area contributed by atoms with E-state index in [4.69, 9.17) is 5.73 Å². The van der Waals surface area contributed by atoms with Crippen molar-refractivity contribution in [2.75, 3.05) is 18.8 Å². The molecule has 4 heteroatoms. The molecule has 2 rings (SSSR count). The molecule has 3 N–H and O–H groups in total. The Balaban J connectivity index is 2.10. The molecule has 1 fully saturated rings. The van der Waals surface area contributed by atoms with Gasteiger partial charge in [0.2, 0.25) is 0 Å². The molecule has 1 aliphatic heterocycles. The molecule has 4 nitrogen and oxygen atoms in total. The Labute approximate surface area is 107 Å². The molecule has 0 bridgehead atoms. The molecule has 1 aromatic carbocycles. The van der Waals surface area contributed by atoms with E-state index in [0.717, 1.165) is 25.9 Å². The Morgan fingerprint density at radius 1 is 1.33 bits per heavy atom. The van der Waals surface area contributed by atoms with E-state index >= 15 is 0 Å². The van der Waals surface area contributed by atoms with Crippen LogP contribution in [0.2, 0.25) is 0 Å². The molecule has 18 heavy (non-hydrogen) atoms. The van der Waals surface area contributed by atoms with Crippen LogP contribution >= 0.6 is 0 Å². The van der Waals surface area contributed by atoms with Crippen LogP contribution in [0.4, 0.5) is 5.69 Å². The minimum atomic E-state index is -0.0295. The predicted molar refractivity (Wildman–Crippen MR) is 71.4 cm³/mol. The lowest BCUT2D eigenvalue weighted by Gasteiger charge is -2.37. The summed E-state index contributed by atoms with van der Waals surface area (Å²) < 4.78 is 0. The van der Waals surface area contributed by atoms with Gasteiger partial charge in [-0.15, -0.1) is 0 Å². The molecule has 1 aromatic rings. The average molecular weight is 248 g/mol. The zero-order valence-electron chi connectivity index (χ0n) is 10.9. The van der Waals surface area contributed by atoms with Gasteiger partial charge in [0.1, 0.15) is 5.75 Å². The van der Waals surface area contributed by atoms with E-state index in [9.17, 15) is 9.90 Å². The van der Waals surface area contributed by atoms with Crippen LogP contribution in [0.5, 0.6) is 5.75 Å². The Morgan fingerprint density at radius 3 is 2.50 bits per heavy atom. The number of likely N-dealkylation sites (tertiary alicyclic amines) is 1. The lowest BCUT2D eigenvalue weighted by atomic mass is 9.82. The molecular weight excluding hydrogens is 228 g/mol. The second-order valence-corrected chi connectivity index (χ2v) is 5.73. The number of anilines is 1. The summed E-state index contributed by atoms with van der Waals surface area (Å²) >= 11 is 0. The highest BCUT2D eigenvalue weighted by Crippen LogP contribution is 2.30. The van der Waals surface area contributed by atoms with Crippen molar-refractivity contribution in [2.45, 2.75) is 26.7 Å². The zero-order chi connectivity index (χ0) is 13.3.